The zero-order chi connectivity index (χ0) is 12.4. The number of hydrogen-bond acceptors (Lipinski definition) is 3. The van der Waals surface area contributed by atoms with Gasteiger partial charge in [0.05, 0.1) is 5.69 Å². The van der Waals surface area contributed by atoms with E-state index >= 15 is 0 Å². The SMILES string of the molecule is Cc1nc(NC(=O)c2ccn(C)n2)ccc1Br. The van der Waals surface area contributed by atoms with E-state index in [0.717, 1.165) is 10.2 Å². The molecule has 0 unspecified atom stereocenters. The predicted octanol–water partition coefficient (Wildman–Crippen LogP) is 2.14. The molecule has 0 spiro atoms. The van der Waals surface area contributed by atoms with Crippen LogP contribution in [0.15, 0.2) is 28.9 Å². The molecule has 0 radical (unpaired) electrons. The van der Waals surface area contributed by atoms with E-state index in [2.05, 4.69) is 31.3 Å². The molecule has 0 aliphatic heterocycles. The second-order valence-corrected chi connectivity index (χ2v) is 4.45. The zero-order valence-corrected chi connectivity index (χ0v) is 11.0. The summed E-state index contributed by atoms with van der Waals surface area (Å²) in [5.41, 5.74) is 1.19. The summed E-state index contributed by atoms with van der Waals surface area (Å²) >= 11 is 3.35. The van der Waals surface area contributed by atoms with Crippen molar-refractivity contribution in [2.24, 2.45) is 7.05 Å². The maximum atomic E-state index is 11.8. The summed E-state index contributed by atoms with van der Waals surface area (Å²) < 4.78 is 2.49. The molecule has 17 heavy (non-hydrogen) atoms. The molecule has 0 fully saturated rings. The first-order chi connectivity index (χ1) is 8.06. The maximum Gasteiger partial charge on any atom is 0.277 e. The molecule has 0 saturated heterocycles. The molecule has 0 aliphatic rings. The highest BCUT2D eigenvalue weighted by Crippen LogP contribution is 2.16. The first kappa shape index (κ1) is 11.8. The van der Waals surface area contributed by atoms with E-state index in [1.54, 1.807) is 30.1 Å². The third-order valence-electron chi connectivity index (χ3n) is 2.21. The van der Waals surface area contributed by atoms with E-state index in [9.17, 15) is 4.79 Å². The number of rotatable bonds is 2. The van der Waals surface area contributed by atoms with Gasteiger partial charge in [-0.25, -0.2) is 4.98 Å². The summed E-state index contributed by atoms with van der Waals surface area (Å²) in [6.45, 7) is 1.86. The Bertz CT molecular complexity index is 564. The van der Waals surface area contributed by atoms with Gasteiger partial charge in [-0.15, -0.1) is 0 Å². The fourth-order valence-electron chi connectivity index (χ4n) is 1.33. The van der Waals surface area contributed by atoms with Gasteiger partial charge in [0, 0.05) is 17.7 Å². The van der Waals surface area contributed by atoms with Crippen molar-refractivity contribution in [1.29, 1.82) is 0 Å². The number of pyridine rings is 1. The van der Waals surface area contributed by atoms with Crippen LogP contribution in [-0.4, -0.2) is 20.7 Å². The van der Waals surface area contributed by atoms with Gasteiger partial charge >= 0.3 is 0 Å². The van der Waals surface area contributed by atoms with E-state index in [-0.39, 0.29) is 5.91 Å². The molecular weight excluding hydrogens is 284 g/mol. The molecular formula is C11H11BrN4O. The topological polar surface area (TPSA) is 59.8 Å². The van der Waals surface area contributed by atoms with E-state index in [0.29, 0.717) is 11.5 Å². The molecule has 1 N–H and O–H groups in total. The fraction of sp³-hybridized carbons (Fsp3) is 0.182. The lowest BCUT2D eigenvalue weighted by Crippen LogP contribution is -2.14. The molecule has 0 atom stereocenters. The second kappa shape index (κ2) is 4.67. The van der Waals surface area contributed by atoms with Crippen molar-refractivity contribution in [2.45, 2.75) is 6.92 Å². The van der Waals surface area contributed by atoms with Crippen molar-refractivity contribution in [3.05, 3.63) is 40.3 Å². The lowest BCUT2D eigenvalue weighted by Gasteiger charge is -2.04. The number of nitrogens with zero attached hydrogens (tertiary/aromatic N) is 3. The number of aryl methyl sites for hydroxylation is 2. The average Bonchev–Trinajstić information content (AvgIpc) is 2.70. The van der Waals surface area contributed by atoms with Crippen molar-refractivity contribution < 1.29 is 4.79 Å². The van der Waals surface area contributed by atoms with Gasteiger partial charge in [-0.05, 0) is 41.1 Å². The number of nitrogens with one attached hydrogen (secondary N) is 1. The van der Waals surface area contributed by atoms with Crippen LogP contribution in [0.1, 0.15) is 16.2 Å². The van der Waals surface area contributed by atoms with E-state index in [4.69, 9.17) is 0 Å². The second-order valence-electron chi connectivity index (χ2n) is 3.59. The molecule has 2 aromatic rings. The number of carbonyl (C=O) groups excluding carboxylic acids is 1. The lowest BCUT2D eigenvalue weighted by atomic mass is 10.3. The van der Waals surface area contributed by atoms with Gasteiger partial charge < -0.3 is 5.32 Å². The molecule has 0 aliphatic carbocycles. The van der Waals surface area contributed by atoms with Crippen molar-refractivity contribution in [2.75, 3.05) is 5.32 Å². The molecule has 0 aromatic carbocycles. The van der Waals surface area contributed by atoms with Gasteiger partial charge in [0.2, 0.25) is 0 Å². The summed E-state index contributed by atoms with van der Waals surface area (Å²) in [6.07, 6.45) is 1.72. The Morgan fingerprint density at radius 2 is 2.18 bits per heavy atom. The summed E-state index contributed by atoms with van der Waals surface area (Å²) in [6, 6.07) is 5.23. The predicted molar refractivity (Wildman–Crippen MR) is 67.8 cm³/mol. The van der Waals surface area contributed by atoms with Crippen LogP contribution in [0.5, 0.6) is 0 Å². The molecule has 2 heterocycles. The van der Waals surface area contributed by atoms with E-state index in [1.165, 1.54) is 0 Å². The van der Waals surface area contributed by atoms with Gasteiger partial charge in [0.1, 0.15) is 5.82 Å². The molecule has 5 nitrogen and oxygen atoms in total. The minimum atomic E-state index is -0.264. The van der Waals surface area contributed by atoms with Crippen LogP contribution in [0.3, 0.4) is 0 Å². The maximum absolute atomic E-state index is 11.8. The van der Waals surface area contributed by atoms with Crippen molar-refractivity contribution >= 4 is 27.7 Å². The van der Waals surface area contributed by atoms with Crippen LogP contribution < -0.4 is 5.32 Å². The molecule has 88 valence electrons. The Labute approximate surface area is 107 Å². The Morgan fingerprint density at radius 1 is 1.41 bits per heavy atom. The fourth-order valence-corrected chi connectivity index (χ4v) is 1.55. The summed E-state index contributed by atoms with van der Waals surface area (Å²) in [5, 5.41) is 6.71. The minimum Gasteiger partial charge on any atom is -0.305 e. The van der Waals surface area contributed by atoms with Crippen LogP contribution in [0.25, 0.3) is 0 Å². The number of aromatic nitrogens is 3. The van der Waals surface area contributed by atoms with Crippen LogP contribution in [0.2, 0.25) is 0 Å². The van der Waals surface area contributed by atoms with Gasteiger partial charge in [-0.3, -0.25) is 9.48 Å². The zero-order valence-electron chi connectivity index (χ0n) is 9.44. The normalized spacial score (nSPS) is 10.3. The standard InChI is InChI=1S/C11H11BrN4O/c1-7-8(12)3-4-10(13-7)14-11(17)9-5-6-16(2)15-9/h3-6H,1-2H3,(H,13,14,17). The Balaban J connectivity index is 2.15. The first-order valence-corrected chi connectivity index (χ1v) is 5.80. The van der Waals surface area contributed by atoms with Gasteiger partial charge in [-0.1, -0.05) is 0 Å². The number of anilines is 1. The third-order valence-corrected chi connectivity index (χ3v) is 3.05. The summed E-state index contributed by atoms with van der Waals surface area (Å²) in [5.74, 6) is 0.251. The molecule has 1 amide bonds. The molecule has 0 saturated carbocycles. The molecule has 2 rings (SSSR count). The highest BCUT2D eigenvalue weighted by molar-refractivity contribution is 9.10. The van der Waals surface area contributed by atoms with Gasteiger partial charge in [0.25, 0.3) is 5.91 Å². The highest BCUT2D eigenvalue weighted by Gasteiger charge is 2.10. The van der Waals surface area contributed by atoms with Crippen molar-refractivity contribution in [1.82, 2.24) is 14.8 Å². The lowest BCUT2D eigenvalue weighted by molar-refractivity contribution is 0.102. The van der Waals surface area contributed by atoms with Gasteiger partial charge in [-0.2, -0.15) is 5.10 Å². The smallest absolute Gasteiger partial charge is 0.277 e. The Kier molecular flexibility index (Phi) is 3.23. The number of amides is 1. The average molecular weight is 295 g/mol. The van der Waals surface area contributed by atoms with E-state index in [1.807, 2.05) is 13.0 Å². The van der Waals surface area contributed by atoms with Crippen molar-refractivity contribution in [3.8, 4) is 0 Å². The minimum absolute atomic E-state index is 0.264. The monoisotopic (exact) mass is 294 g/mol. The summed E-state index contributed by atoms with van der Waals surface area (Å²) in [7, 11) is 1.76. The number of carbonyl (C=O) groups is 1. The van der Waals surface area contributed by atoms with Crippen LogP contribution in [0.4, 0.5) is 5.82 Å². The molecule has 2 aromatic heterocycles. The molecule has 0 bridgehead atoms. The molecule has 6 heteroatoms. The largest absolute Gasteiger partial charge is 0.305 e. The number of halogens is 1. The van der Waals surface area contributed by atoms with Crippen LogP contribution in [0, 0.1) is 6.92 Å². The first-order valence-electron chi connectivity index (χ1n) is 5.00. The highest BCUT2D eigenvalue weighted by atomic mass is 79.9. The summed E-state index contributed by atoms with van der Waals surface area (Å²) in [4.78, 5) is 16.0. The van der Waals surface area contributed by atoms with Crippen LogP contribution >= 0.6 is 15.9 Å². The van der Waals surface area contributed by atoms with Gasteiger partial charge in [0.15, 0.2) is 5.69 Å². The quantitative estimate of drug-likeness (QED) is 0.923. The Hall–Kier alpha value is -1.69. The Morgan fingerprint density at radius 3 is 2.76 bits per heavy atom. The van der Waals surface area contributed by atoms with Crippen molar-refractivity contribution in [3.63, 3.8) is 0 Å². The van der Waals surface area contributed by atoms with Crippen LogP contribution in [-0.2, 0) is 7.05 Å². The van der Waals surface area contributed by atoms with E-state index < -0.39 is 0 Å². The third kappa shape index (κ3) is 2.71. The number of hydrogen-bond donors (Lipinski definition) is 1.